The molecule has 0 bridgehead atoms. The summed E-state index contributed by atoms with van der Waals surface area (Å²) in [5, 5.41) is 0. The minimum Gasteiger partial charge on any atom is -0.381 e. The van der Waals surface area contributed by atoms with Crippen LogP contribution in [0, 0.1) is 5.92 Å². The lowest BCUT2D eigenvalue weighted by atomic mass is 9.92. The van der Waals surface area contributed by atoms with Crippen LogP contribution in [0.5, 0.6) is 0 Å². The molecule has 1 spiro atoms. The number of likely N-dealkylation sites (N-methyl/N-ethyl adjacent to an activating group) is 1. The lowest BCUT2D eigenvalue weighted by Gasteiger charge is -2.42. The Hall–Kier alpha value is -1.14. The third kappa shape index (κ3) is 3.69. The van der Waals surface area contributed by atoms with Gasteiger partial charge in [0, 0.05) is 39.8 Å². The van der Waals surface area contributed by atoms with Crippen molar-refractivity contribution in [1.82, 2.24) is 9.80 Å². The molecule has 3 heterocycles. The Kier molecular flexibility index (Phi) is 5.21. The molecule has 3 saturated heterocycles. The van der Waals surface area contributed by atoms with Gasteiger partial charge in [-0.1, -0.05) is 0 Å². The van der Waals surface area contributed by atoms with Crippen LogP contribution in [0.2, 0.25) is 0 Å². The Morgan fingerprint density at radius 1 is 1.22 bits per heavy atom. The van der Waals surface area contributed by atoms with Crippen molar-refractivity contribution < 1.29 is 19.1 Å². The Morgan fingerprint density at radius 2 is 2.00 bits per heavy atom. The summed E-state index contributed by atoms with van der Waals surface area (Å²) in [7, 11) is 1.83. The monoisotopic (exact) mass is 324 g/mol. The maximum absolute atomic E-state index is 12.7. The molecule has 3 rings (SSSR count). The number of hydrogen-bond donors (Lipinski definition) is 0. The van der Waals surface area contributed by atoms with E-state index in [9.17, 15) is 9.59 Å². The van der Waals surface area contributed by atoms with E-state index in [0.29, 0.717) is 32.0 Å². The predicted molar refractivity (Wildman–Crippen MR) is 84.9 cm³/mol. The molecule has 0 aromatic heterocycles. The number of ether oxygens (including phenoxy) is 2. The number of nitrogens with zero attached hydrogens (tertiary/aromatic N) is 2. The van der Waals surface area contributed by atoms with Gasteiger partial charge in [0.1, 0.15) is 0 Å². The Balaban J connectivity index is 1.64. The molecule has 1 unspecified atom stereocenters. The van der Waals surface area contributed by atoms with E-state index in [1.165, 1.54) is 0 Å². The van der Waals surface area contributed by atoms with Gasteiger partial charge < -0.3 is 19.3 Å². The van der Waals surface area contributed by atoms with Crippen molar-refractivity contribution in [3.8, 4) is 0 Å². The van der Waals surface area contributed by atoms with Crippen LogP contribution in [0.25, 0.3) is 0 Å². The summed E-state index contributed by atoms with van der Waals surface area (Å²) < 4.78 is 11.3. The van der Waals surface area contributed by atoms with E-state index in [0.717, 1.165) is 51.9 Å². The number of rotatable bonds is 2. The summed E-state index contributed by atoms with van der Waals surface area (Å²) in [6.45, 7) is 3.76. The fourth-order valence-electron chi connectivity index (χ4n) is 3.92. The number of amides is 2. The van der Waals surface area contributed by atoms with Gasteiger partial charge in [-0.3, -0.25) is 9.59 Å². The van der Waals surface area contributed by atoms with Crippen molar-refractivity contribution in [3.05, 3.63) is 0 Å². The van der Waals surface area contributed by atoms with Gasteiger partial charge in [0.05, 0.1) is 13.2 Å². The number of likely N-dealkylation sites (tertiary alicyclic amines) is 1. The first kappa shape index (κ1) is 16.7. The Morgan fingerprint density at radius 3 is 2.78 bits per heavy atom. The van der Waals surface area contributed by atoms with Crippen molar-refractivity contribution in [1.29, 1.82) is 0 Å². The summed E-state index contributed by atoms with van der Waals surface area (Å²) >= 11 is 0. The lowest BCUT2D eigenvalue weighted by molar-refractivity contribution is -0.173. The fraction of sp³-hybridized carbons (Fsp3) is 0.882. The van der Waals surface area contributed by atoms with E-state index in [4.69, 9.17) is 9.47 Å². The van der Waals surface area contributed by atoms with E-state index >= 15 is 0 Å². The highest BCUT2D eigenvalue weighted by Gasteiger charge is 2.47. The topological polar surface area (TPSA) is 59.1 Å². The van der Waals surface area contributed by atoms with Gasteiger partial charge in [-0.15, -0.1) is 0 Å². The van der Waals surface area contributed by atoms with E-state index in [2.05, 4.69) is 0 Å². The average molecular weight is 324 g/mol. The summed E-state index contributed by atoms with van der Waals surface area (Å²) in [6.07, 6.45) is 5.19. The third-order valence-corrected chi connectivity index (χ3v) is 5.40. The Labute approximate surface area is 138 Å². The first-order chi connectivity index (χ1) is 11.1. The number of carbonyl (C=O) groups excluding carboxylic acids is 2. The number of carbonyl (C=O) groups is 2. The largest absolute Gasteiger partial charge is 0.381 e. The molecule has 0 N–H and O–H groups in total. The maximum Gasteiger partial charge on any atom is 0.256 e. The molecule has 0 saturated carbocycles. The standard InChI is InChI=1S/C17H28N2O4/c1-18-7-3-2-6-17(16(18)21)13-19(8-11-23-17)15(20)12-14-4-9-22-10-5-14/h14H,2-13H2,1H3. The minimum absolute atomic E-state index is 0.0403. The fourth-order valence-corrected chi connectivity index (χ4v) is 3.92. The highest BCUT2D eigenvalue weighted by Crippen LogP contribution is 2.30. The predicted octanol–water partition coefficient (Wildman–Crippen LogP) is 1.04. The molecule has 1 atom stereocenters. The molecular weight excluding hydrogens is 296 g/mol. The lowest BCUT2D eigenvalue weighted by Crippen LogP contribution is -2.60. The first-order valence-corrected chi connectivity index (χ1v) is 8.86. The molecule has 6 nitrogen and oxygen atoms in total. The van der Waals surface area contributed by atoms with Crippen LogP contribution in [0.15, 0.2) is 0 Å². The molecule has 0 aromatic rings. The van der Waals surface area contributed by atoms with Gasteiger partial charge in [-0.2, -0.15) is 0 Å². The number of hydrogen-bond acceptors (Lipinski definition) is 4. The van der Waals surface area contributed by atoms with Gasteiger partial charge >= 0.3 is 0 Å². The molecule has 0 radical (unpaired) electrons. The van der Waals surface area contributed by atoms with Crippen molar-refractivity contribution in [2.75, 3.05) is 46.5 Å². The molecule has 6 heteroatoms. The normalized spacial score (nSPS) is 30.6. The molecule has 3 aliphatic rings. The molecule has 130 valence electrons. The van der Waals surface area contributed by atoms with E-state index in [1.54, 1.807) is 4.90 Å². The zero-order chi connectivity index (χ0) is 16.3. The summed E-state index contributed by atoms with van der Waals surface area (Å²) in [4.78, 5) is 29.0. The third-order valence-electron chi connectivity index (χ3n) is 5.40. The molecule has 0 aliphatic carbocycles. The van der Waals surface area contributed by atoms with Crippen molar-refractivity contribution in [3.63, 3.8) is 0 Å². The smallest absolute Gasteiger partial charge is 0.256 e. The van der Waals surface area contributed by atoms with Gasteiger partial charge in [-0.25, -0.2) is 0 Å². The molecule has 0 aromatic carbocycles. The van der Waals surface area contributed by atoms with Crippen LogP contribution in [0.1, 0.15) is 38.5 Å². The molecule has 2 amide bonds. The van der Waals surface area contributed by atoms with Gasteiger partial charge in [-0.05, 0) is 38.0 Å². The highest BCUT2D eigenvalue weighted by molar-refractivity contribution is 5.87. The molecule has 23 heavy (non-hydrogen) atoms. The SMILES string of the molecule is CN1CCCCC2(CN(C(=O)CC3CCOCC3)CCO2)C1=O. The van der Waals surface area contributed by atoms with E-state index in [-0.39, 0.29) is 11.8 Å². The molecule has 3 fully saturated rings. The number of morpholine rings is 1. The van der Waals surface area contributed by atoms with Crippen LogP contribution in [0.4, 0.5) is 0 Å². The maximum atomic E-state index is 12.7. The summed E-state index contributed by atoms with van der Waals surface area (Å²) in [5.74, 6) is 0.625. The van der Waals surface area contributed by atoms with Crippen LogP contribution in [-0.2, 0) is 19.1 Å². The first-order valence-electron chi connectivity index (χ1n) is 8.86. The Bertz CT molecular complexity index is 450. The molecular formula is C17H28N2O4. The zero-order valence-electron chi connectivity index (χ0n) is 14.1. The molecule has 3 aliphatic heterocycles. The van der Waals surface area contributed by atoms with Gasteiger partial charge in [0.15, 0.2) is 5.60 Å². The second kappa shape index (κ2) is 7.18. The van der Waals surface area contributed by atoms with Crippen LogP contribution in [0.3, 0.4) is 0 Å². The van der Waals surface area contributed by atoms with Gasteiger partial charge in [0.2, 0.25) is 5.91 Å². The minimum atomic E-state index is -0.811. The second-order valence-electron chi connectivity index (χ2n) is 7.10. The average Bonchev–Trinajstić information content (AvgIpc) is 2.70. The van der Waals surface area contributed by atoms with E-state index in [1.807, 2.05) is 11.9 Å². The van der Waals surface area contributed by atoms with Crippen LogP contribution in [-0.4, -0.2) is 73.7 Å². The van der Waals surface area contributed by atoms with Crippen molar-refractivity contribution >= 4 is 11.8 Å². The van der Waals surface area contributed by atoms with Crippen molar-refractivity contribution in [2.45, 2.75) is 44.1 Å². The van der Waals surface area contributed by atoms with Crippen LogP contribution < -0.4 is 0 Å². The second-order valence-corrected chi connectivity index (χ2v) is 7.10. The van der Waals surface area contributed by atoms with Crippen molar-refractivity contribution in [2.24, 2.45) is 5.92 Å². The quantitative estimate of drug-likeness (QED) is 0.762. The zero-order valence-corrected chi connectivity index (χ0v) is 14.1. The van der Waals surface area contributed by atoms with E-state index < -0.39 is 5.60 Å². The summed E-state index contributed by atoms with van der Waals surface area (Å²) in [5.41, 5.74) is -0.811. The summed E-state index contributed by atoms with van der Waals surface area (Å²) in [6, 6.07) is 0. The highest BCUT2D eigenvalue weighted by atomic mass is 16.5. The van der Waals surface area contributed by atoms with Gasteiger partial charge in [0.25, 0.3) is 5.91 Å². The van der Waals surface area contributed by atoms with Crippen LogP contribution >= 0.6 is 0 Å².